The molecule has 11 heteroatoms. The minimum Gasteiger partial charge on any atom is -0.221 e. The van der Waals surface area contributed by atoms with Crippen molar-refractivity contribution in [3.8, 4) is 0 Å². The number of rotatable bonds is 4. The number of fused-ring (bicyclic) bond motifs is 1. The Kier molecular flexibility index (Phi) is 4.43. The fraction of sp³-hybridized carbons (Fsp3) is 0.143. The quantitative estimate of drug-likeness (QED) is 0.743. The molecule has 2 aromatic heterocycles. The van der Waals surface area contributed by atoms with E-state index in [1.54, 1.807) is 4.72 Å². The molecule has 0 aliphatic carbocycles. The molecular weight excluding hydrogens is 381 g/mol. The highest BCUT2D eigenvalue weighted by atomic mass is 35.5. The molecule has 1 unspecified atom stereocenters. The van der Waals surface area contributed by atoms with Crippen LogP contribution in [0, 0.1) is 0 Å². The van der Waals surface area contributed by atoms with Crippen molar-refractivity contribution < 1.29 is 21.6 Å². The molecular formula is C14H10ClF3N4O2S. The summed E-state index contributed by atoms with van der Waals surface area (Å²) in [5, 5.41) is 7.48. The van der Waals surface area contributed by atoms with E-state index in [1.807, 2.05) is 0 Å². The molecule has 1 N–H and O–H groups in total. The highest BCUT2D eigenvalue weighted by Gasteiger charge is 2.43. The van der Waals surface area contributed by atoms with Gasteiger partial charge in [0.2, 0.25) is 10.0 Å². The van der Waals surface area contributed by atoms with Gasteiger partial charge in [0.25, 0.3) is 0 Å². The van der Waals surface area contributed by atoms with Crippen LogP contribution in [0.15, 0.2) is 53.7 Å². The largest absolute Gasteiger partial charge is 0.408 e. The molecule has 0 radical (unpaired) electrons. The molecule has 0 aliphatic rings. The maximum absolute atomic E-state index is 13.4. The Labute approximate surface area is 145 Å². The van der Waals surface area contributed by atoms with Crippen LogP contribution >= 0.6 is 11.6 Å². The third kappa shape index (κ3) is 3.75. The van der Waals surface area contributed by atoms with Crippen molar-refractivity contribution in [1.82, 2.24) is 19.5 Å². The Bertz CT molecular complexity index is 1000. The zero-order valence-corrected chi connectivity index (χ0v) is 13.8. The van der Waals surface area contributed by atoms with E-state index in [1.165, 1.54) is 35.1 Å². The minimum absolute atomic E-state index is 0.242. The van der Waals surface area contributed by atoms with Crippen LogP contribution in [-0.4, -0.2) is 29.4 Å². The molecule has 0 spiro atoms. The van der Waals surface area contributed by atoms with E-state index in [0.29, 0.717) is 5.52 Å². The molecule has 0 fully saturated rings. The summed E-state index contributed by atoms with van der Waals surface area (Å²) in [6, 6.07) is 4.66. The number of alkyl halides is 3. The summed E-state index contributed by atoms with van der Waals surface area (Å²) in [7, 11) is -4.44. The number of hydrogen-bond acceptors (Lipinski definition) is 4. The third-order valence-corrected chi connectivity index (χ3v) is 5.06. The fourth-order valence-corrected chi connectivity index (χ4v) is 3.54. The first-order chi connectivity index (χ1) is 11.7. The average Bonchev–Trinajstić information content (AvgIpc) is 3.00. The van der Waals surface area contributed by atoms with Crippen LogP contribution < -0.4 is 4.72 Å². The van der Waals surface area contributed by atoms with Crippen molar-refractivity contribution in [2.75, 3.05) is 0 Å². The van der Waals surface area contributed by atoms with Gasteiger partial charge in [-0.05, 0) is 29.8 Å². The molecule has 3 aromatic rings. The van der Waals surface area contributed by atoms with Gasteiger partial charge in [-0.1, -0.05) is 28.9 Å². The fourth-order valence-electron chi connectivity index (χ4n) is 2.18. The molecule has 2 heterocycles. The zero-order valence-electron chi connectivity index (χ0n) is 12.3. The van der Waals surface area contributed by atoms with E-state index in [2.05, 4.69) is 10.3 Å². The van der Waals surface area contributed by atoms with Crippen LogP contribution in [0.25, 0.3) is 5.52 Å². The van der Waals surface area contributed by atoms with Crippen LogP contribution in [0.5, 0.6) is 0 Å². The lowest BCUT2D eigenvalue weighted by atomic mass is 10.1. The van der Waals surface area contributed by atoms with Crippen LogP contribution in [0.4, 0.5) is 13.2 Å². The van der Waals surface area contributed by atoms with Gasteiger partial charge < -0.3 is 0 Å². The molecule has 0 saturated carbocycles. The predicted molar refractivity (Wildman–Crippen MR) is 83.6 cm³/mol. The lowest BCUT2D eigenvalue weighted by molar-refractivity contribution is -0.153. The molecule has 132 valence electrons. The first-order valence-corrected chi connectivity index (χ1v) is 8.67. The third-order valence-electron chi connectivity index (χ3n) is 3.39. The van der Waals surface area contributed by atoms with Crippen molar-refractivity contribution in [2.24, 2.45) is 0 Å². The number of hydrogen-bond donors (Lipinski definition) is 1. The maximum atomic E-state index is 13.4. The van der Waals surface area contributed by atoms with E-state index in [9.17, 15) is 21.6 Å². The van der Waals surface area contributed by atoms with E-state index < -0.39 is 22.2 Å². The molecule has 3 rings (SSSR count). The Hall–Kier alpha value is -2.17. The van der Waals surface area contributed by atoms with Crippen molar-refractivity contribution in [2.45, 2.75) is 17.1 Å². The summed E-state index contributed by atoms with van der Waals surface area (Å²) in [5.74, 6) is 0. The highest BCUT2D eigenvalue weighted by molar-refractivity contribution is 7.89. The smallest absolute Gasteiger partial charge is 0.221 e. The first kappa shape index (κ1) is 17.6. The van der Waals surface area contributed by atoms with Gasteiger partial charge in [0.15, 0.2) is 0 Å². The summed E-state index contributed by atoms with van der Waals surface area (Å²) in [4.78, 5) is -0.328. The first-order valence-electron chi connectivity index (χ1n) is 6.81. The lowest BCUT2D eigenvalue weighted by Crippen LogP contribution is -2.38. The number of benzene rings is 1. The Balaban J connectivity index is 1.98. The van der Waals surface area contributed by atoms with Gasteiger partial charge in [-0.3, -0.25) is 0 Å². The van der Waals surface area contributed by atoms with Crippen LogP contribution in [0.2, 0.25) is 5.02 Å². The molecule has 0 saturated heterocycles. The van der Waals surface area contributed by atoms with Crippen molar-refractivity contribution in [3.63, 3.8) is 0 Å². The van der Waals surface area contributed by atoms with E-state index in [-0.39, 0.29) is 15.5 Å². The van der Waals surface area contributed by atoms with E-state index in [4.69, 9.17) is 11.6 Å². The average molecular weight is 391 g/mol. The SMILES string of the molecule is O=S(=O)(NC(c1ccc(Cl)cc1)C(F)(F)F)c1ccn2nncc2c1. The summed E-state index contributed by atoms with van der Waals surface area (Å²) in [6.07, 6.45) is -2.25. The minimum atomic E-state index is -4.83. The van der Waals surface area contributed by atoms with E-state index >= 15 is 0 Å². The summed E-state index contributed by atoms with van der Waals surface area (Å²) >= 11 is 5.67. The van der Waals surface area contributed by atoms with Gasteiger partial charge in [-0.15, -0.1) is 5.10 Å². The van der Waals surface area contributed by atoms with Crippen LogP contribution in [0.1, 0.15) is 11.6 Å². The summed E-state index contributed by atoms with van der Waals surface area (Å²) < 4.78 is 67.9. The normalized spacial score (nSPS) is 13.9. The Morgan fingerprint density at radius 1 is 1.16 bits per heavy atom. The van der Waals surface area contributed by atoms with Gasteiger partial charge in [0.05, 0.1) is 16.6 Å². The molecule has 1 atom stereocenters. The van der Waals surface area contributed by atoms with Gasteiger partial charge in [0, 0.05) is 11.2 Å². The van der Waals surface area contributed by atoms with Crippen LogP contribution in [-0.2, 0) is 10.0 Å². The number of nitrogens with one attached hydrogen (secondary N) is 1. The molecule has 0 bridgehead atoms. The van der Waals surface area contributed by atoms with E-state index in [0.717, 1.165) is 18.2 Å². The monoisotopic (exact) mass is 390 g/mol. The van der Waals surface area contributed by atoms with Gasteiger partial charge in [-0.2, -0.15) is 17.9 Å². The molecule has 1 aromatic carbocycles. The Morgan fingerprint density at radius 2 is 1.84 bits per heavy atom. The van der Waals surface area contributed by atoms with Gasteiger partial charge in [-0.25, -0.2) is 12.9 Å². The molecule has 6 nitrogen and oxygen atoms in total. The second kappa shape index (κ2) is 6.28. The van der Waals surface area contributed by atoms with Crippen LogP contribution in [0.3, 0.4) is 0 Å². The van der Waals surface area contributed by atoms with Gasteiger partial charge >= 0.3 is 6.18 Å². The lowest BCUT2D eigenvalue weighted by Gasteiger charge is -2.22. The van der Waals surface area contributed by atoms with Crippen molar-refractivity contribution in [1.29, 1.82) is 0 Å². The Morgan fingerprint density at radius 3 is 2.48 bits per heavy atom. The zero-order chi connectivity index (χ0) is 18.2. The second-order valence-corrected chi connectivity index (χ2v) is 7.26. The standard InChI is InChI=1S/C14H10ClF3N4O2S/c15-10-3-1-9(2-4-10)13(14(16,17)18)20-25(23,24)12-5-6-22-11(7-12)8-19-21-22/h1-8,13,20H. The predicted octanol–water partition coefficient (Wildman–Crippen LogP) is 2.96. The number of pyridine rings is 1. The highest BCUT2D eigenvalue weighted by Crippen LogP contribution is 2.34. The number of nitrogens with zero attached hydrogens (tertiary/aromatic N) is 3. The number of aromatic nitrogens is 3. The number of sulfonamides is 1. The summed E-state index contributed by atoms with van der Waals surface area (Å²) in [6.45, 7) is 0. The molecule has 0 amide bonds. The van der Waals surface area contributed by atoms with Crippen molar-refractivity contribution >= 4 is 27.1 Å². The maximum Gasteiger partial charge on any atom is 0.408 e. The number of halogens is 4. The molecule has 25 heavy (non-hydrogen) atoms. The second-order valence-electron chi connectivity index (χ2n) is 5.11. The van der Waals surface area contributed by atoms with Gasteiger partial charge in [0.1, 0.15) is 6.04 Å². The molecule has 0 aliphatic heterocycles. The summed E-state index contributed by atoms with van der Waals surface area (Å²) in [5.41, 5.74) is 0.0606. The topological polar surface area (TPSA) is 76.4 Å². The van der Waals surface area contributed by atoms with Crippen molar-refractivity contribution in [3.05, 3.63) is 59.4 Å².